The maximum absolute atomic E-state index is 12.1. The molecule has 0 radical (unpaired) electrons. The molecule has 3 rings (SSSR count). The zero-order chi connectivity index (χ0) is 19.9. The maximum Gasteiger partial charge on any atom is 0.330 e. The number of hydrogen-bond acceptors (Lipinski definition) is 6. The summed E-state index contributed by atoms with van der Waals surface area (Å²) >= 11 is 0. The van der Waals surface area contributed by atoms with Crippen molar-refractivity contribution >= 4 is 23.6 Å². The standard InChI is InChI=1S/C20H18N4O4/c1-28-19(27)8-7-16-9-15(12-24(16)11-14-5-3-2-4-6-14)17(25)10-18(26)20-21-13-22-23-20/h2-10,12-13,25H,11H2,1H3,(H,21,22,23)/b8-7+,17-10-. The first-order chi connectivity index (χ1) is 13.6. The van der Waals surface area contributed by atoms with Crippen molar-refractivity contribution in [1.29, 1.82) is 0 Å². The minimum Gasteiger partial charge on any atom is -0.507 e. The average molecular weight is 378 g/mol. The van der Waals surface area contributed by atoms with E-state index in [1.54, 1.807) is 18.3 Å². The Hall–Kier alpha value is -3.94. The van der Waals surface area contributed by atoms with E-state index in [1.807, 2.05) is 34.9 Å². The quantitative estimate of drug-likeness (QED) is 0.283. The molecule has 0 amide bonds. The van der Waals surface area contributed by atoms with E-state index in [9.17, 15) is 14.7 Å². The first kappa shape index (κ1) is 18.8. The number of H-pyrrole nitrogens is 1. The smallest absolute Gasteiger partial charge is 0.330 e. The molecule has 0 bridgehead atoms. The molecule has 0 atom stereocenters. The molecule has 8 heteroatoms. The van der Waals surface area contributed by atoms with Crippen LogP contribution in [-0.4, -0.2) is 43.7 Å². The van der Waals surface area contributed by atoms with Gasteiger partial charge >= 0.3 is 5.97 Å². The number of aliphatic hydroxyl groups is 1. The molecule has 1 aromatic carbocycles. The monoisotopic (exact) mass is 378 g/mol. The van der Waals surface area contributed by atoms with Crippen molar-refractivity contribution in [3.8, 4) is 0 Å². The van der Waals surface area contributed by atoms with Gasteiger partial charge in [0.05, 0.1) is 7.11 Å². The number of ketones is 1. The molecule has 8 nitrogen and oxygen atoms in total. The number of rotatable bonds is 7. The summed E-state index contributed by atoms with van der Waals surface area (Å²) in [5.74, 6) is -1.19. The molecule has 0 unspecified atom stereocenters. The Morgan fingerprint density at radius 2 is 2.07 bits per heavy atom. The van der Waals surface area contributed by atoms with E-state index < -0.39 is 11.8 Å². The second-order valence-corrected chi connectivity index (χ2v) is 5.85. The minimum atomic E-state index is -0.502. The predicted octanol–water partition coefficient (Wildman–Crippen LogP) is 2.62. The van der Waals surface area contributed by atoms with Crippen LogP contribution in [0.15, 0.2) is 61.1 Å². The van der Waals surface area contributed by atoms with E-state index >= 15 is 0 Å². The molecule has 142 valence electrons. The molecular weight excluding hydrogens is 360 g/mol. The van der Waals surface area contributed by atoms with E-state index in [0.717, 1.165) is 11.6 Å². The maximum atomic E-state index is 12.1. The fraction of sp³-hybridized carbons (Fsp3) is 0.100. The van der Waals surface area contributed by atoms with E-state index in [1.165, 1.54) is 19.5 Å². The van der Waals surface area contributed by atoms with Gasteiger partial charge in [-0.15, -0.1) is 0 Å². The minimum absolute atomic E-state index is 0.0288. The zero-order valence-corrected chi connectivity index (χ0v) is 15.1. The predicted molar refractivity (Wildman–Crippen MR) is 102 cm³/mol. The first-order valence-electron chi connectivity index (χ1n) is 8.37. The Kier molecular flexibility index (Phi) is 5.81. The molecule has 0 aliphatic carbocycles. The summed E-state index contributed by atoms with van der Waals surface area (Å²) in [7, 11) is 1.30. The molecule has 0 fully saturated rings. The molecular formula is C20H18N4O4. The number of aromatic nitrogens is 4. The Morgan fingerprint density at radius 3 is 2.75 bits per heavy atom. The van der Waals surface area contributed by atoms with Crippen LogP contribution in [0.3, 0.4) is 0 Å². The molecule has 0 aliphatic heterocycles. The summed E-state index contributed by atoms with van der Waals surface area (Å²) in [5.41, 5.74) is 2.13. The van der Waals surface area contributed by atoms with Crippen molar-refractivity contribution in [3.05, 3.63) is 83.7 Å². The van der Waals surface area contributed by atoms with Crippen molar-refractivity contribution in [2.45, 2.75) is 6.54 Å². The average Bonchev–Trinajstić information content (AvgIpc) is 3.37. The number of carbonyl (C=O) groups is 2. The number of benzene rings is 1. The lowest BCUT2D eigenvalue weighted by molar-refractivity contribution is -0.134. The van der Waals surface area contributed by atoms with E-state index in [4.69, 9.17) is 0 Å². The lowest BCUT2D eigenvalue weighted by atomic mass is 10.2. The second-order valence-electron chi connectivity index (χ2n) is 5.85. The number of ether oxygens (including phenoxy) is 1. The molecule has 2 heterocycles. The van der Waals surface area contributed by atoms with Crippen LogP contribution >= 0.6 is 0 Å². The summed E-state index contributed by atoms with van der Waals surface area (Å²) < 4.78 is 6.48. The third-order valence-corrected chi connectivity index (χ3v) is 3.93. The summed E-state index contributed by atoms with van der Waals surface area (Å²) in [6, 6.07) is 11.4. The highest BCUT2D eigenvalue weighted by atomic mass is 16.5. The van der Waals surface area contributed by atoms with Gasteiger partial charge in [-0.25, -0.2) is 9.78 Å². The third kappa shape index (κ3) is 4.61. The van der Waals surface area contributed by atoms with Gasteiger partial charge in [-0.05, 0) is 17.7 Å². The largest absolute Gasteiger partial charge is 0.507 e. The van der Waals surface area contributed by atoms with Crippen LogP contribution in [-0.2, 0) is 16.1 Å². The van der Waals surface area contributed by atoms with E-state index in [-0.39, 0.29) is 11.6 Å². The van der Waals surface area contributed by atoms with Gasteiger partial charge in [0.25, 0.3) is 0 Å². The van der Waals surface area contributed by atoms with Crippen LogP contribution in [0.4, 0.5) is 0 Å². The normalized spacial score (nSPS) is 11.7. The van der Waals surface area contributed by atoms with Gasteiger partial charge in [-0.3, -0.25) is 9.89 Å². The summed E-state index contributed by atoms with van der Waals surface area (Å²) in [4.78, 5) is 27.3. The van der Waals surface area contributed by atoms with E-state index in [0.29, 0.717) is 17.8 Å². The van der Waals surface area contributed by atoms with E-state index in [2.05, 4.69) is 19.9 Å². The number of esters is 1. The van der Waals surface area contributed by atoms with Gasteiger partial charge in [-0.1, -0.05) is 30.3 Å². The fourth-order valence-corrected chi connectivity index (χ4v) is 2.54. The first-order valence-corrected chi connectivity index (χ1v) is 8.37. The van der Waals surface area contributed by atoms with Gasteiger partial charge in [0.2, 0.25) is 5.78 Å². The number of carbonyl (C=O) groups excluding carboxylic acids is 2. The van der Waals surface area contributed by atoms with Gasteiger partial charge in [0.1, 0.15) is 12.1 Å². The van der Waals surface area contributed by atoms with Gasteiger partial charge < -0.3 is 14.4 Å². The van der Waals surface area contributed by atoms with Crippen LogP contribution in [0.1, 0.15) is 27.4 Å². The SMILES string of the molecule is COC(=O)/C=C/c1cc(/C(O)=C/C(=O)c2ncn[nH]2)cn1Cc1ccccc1. The Labute approximate surface area is 160 Å². The molecule has 2 N–H and O–H groups in total. The molecule has 0 saturated carbocycles. The zero-order valence-electron chi connectivity index (χ0n) is 15.1. The fourth-order valence-electron chi connectivity index (χ4n) is 2.54. The van der Waals surface area contributed by atoms with Crippen LogP contribution < -0.4 is 0 Å². The number of nitrogens with one attached hydrogen (secondary N) is 1. The van der Waals surface area contributed by atoms with Crippen molar-refractivity contribution in [2.24, 2.45) is 0 Å². The number of allylic oxidation sites excluding steroid dienone is 1. The third-order valence-electron chi connectivity index (χ3n) is 3.93. The summed E-state index contributed by atoms with van der Waals surface area (Å²) in [6.45, 7) is 0.519. The highest BCUT2D eigenvalue weighted by Gasteiger charge is 2.12. The number of nitrogens with zero attached hydrogens (tertiary/aromatic N) is 3. The molecule has 0 spiro atoms. The van der Waals surface area contributed by atoms with Gasteiger partial charge in [-0.2, -0.15) is 5.10 Å². The van der Waals surface area contributed by atoms with Crippen LogP contribution in [0, 0.1) is 0 Å². The Bertz CT molecular complexity index is 1020. The lowest BCUT2D eigenvalue weighted by Gasteiger charge is -2.06. The van der Waals surface area contributed by atoms with Crippen molar-refractivity contribution in [2.75, 3.05) is 7.11 Å². The number of aromatic amines is 1. The molecule has 0 saturated heterocycles. The van der Waals surface area contributed by atoms with Crippen molar-refractivity contribution in [1.82, 2.24) is 19.7 Å². The topological polar surface area (TPSA) is 110 Å². The lowest BCUT2D eigenvalue weighted by Crippen LogP contribution is -2.01. The highest BCUT2D eigenvalue weighted by molar-refractivity contribution is 6.05. The van der Waals surface area contributed by atoms with Gasteiger partial charge in [0, 0.05) is 36.2 Å². The molecule has 3 aromatic rings. The number of aliphatic hydroxyl groups excluding tert-OH is 1. The second kappa shape index (κ2) is 8.63. The van der Waals surface area contributed by atoms with Gasteiger partial charge in [0.15, 0.2) is 5.82 Å². The van der Waals surface area contributed by atoms with Crippen LogP contribution in [0.2, 0.25) is 0 Å². The number of hydrogen-bond donors (Lipinski definition) is 2. The number of methoxy groups -OCH3 is 1. The Balaban J connectivity index is 1.92. The Morgan fingerprint density at radius 1 is 1.29 bits per heavy atom. The van der Waals surface area contributed by atoms with Crippen LogP contribution in [0.25, 0.3) is 11.8 Å². The van der Waals surface area contributed by atoms with Crippen molar-refractivity contribution < 1.29 is 19.4 Å². The summed E-state index contributed by atoms with van der Waals surface area (Å²) in [6.07, 6.45) is 6.86. The highest BCUT2D eigenvalue weighted by Crippen LogP contribution is 2.19. The van der Waals surface area contributed by atoms with Crippen molar-refractivity contribution in [3.63, 3.8) is 0 Å². The molecule has 28 heavy (non-hydrogen) atoms. The molecule has 2 aromatic heterocycles. The molecule has 0 aliphatic rings. The van der Waals surface area contributed by atoms with Crippen LogP contribution in [0.5, 0.6) is 0 Å². The summed E-state index contributed by atoms with van der Waals surface area (Å²) in [5, 5.41) is 16.4.